The number of amides is 5. The number of aliphatic hydroxyl groups is 1. The fourth-order valence-corrected chi connectivity index (χ4v) is 11.6. The molecule has 0 bridgehead atoms. The molecule has 26 heteroatoms. The number of rotatable bonds is 26. The SMILES string of the molecule is COc1cc(C(=O)NC2CCN(CCOCCOCCOCCOCC(=O)N[C@H](C(=O)N3CC(O)CC3C(=O)NCc3ccc(-c4scnc4C)cc3)C(C)(C)C)CC2)c(F)cc1Nc1ncc2c(n1)N(C1CCCC1)CC(F)(F)C(=O)N2C. The van der Waals surface area contributed by atoms with Crippen molar-refractivity contribution in [3.05, 3.63) is 70.7 Å². The van der Waals surface area contributed by atoms with Crippen LogP contribution in [0.3, 0.4) is 0 Å². The Kier molecular flexibility index (Phi) is 21.9. The third-order valence-electron chi connectivity index (χ3n) is 15.5. The second kappa shape index (κ2) is 29.0. The van der Waals surface area contributed by atoms with E-state index in [1.165, 1.54) is 36.2 Å². The number of alkyl halides is 2. The molecule has 8 rings (SSSR count). The molecule has 5 amide bonds. The Hall–Kier alpha value is -6.55. The van der Waals surface area contributed by atoms with Crippen LogP contribution in [0.15, 0.2) is 48.1 Å². The van der Waals surface area contributed by atoms with Gasteiger partial charge in [-0.05, 0) is 55.2 Å². The number of hydrogen-bond donors (Lipinski definition) is 5. The highest BCUT2D eigenvalue weighted by Gasteiger charge is 2.49. The fraction of sp³-hybridized carbons (Fsp3) is 0.586. The maximum atomic E-state index is 15.7. The molecule has 84 heavy (non-hydrogen) atoms. The first-order valence-corrected chi connectivity index (χ1v) is 29.4. The van der Waals surface area contributed by atoms with Gasteiger partial charge in [-0.3, -0.25) is 24.0 Å². The number of aliphatic hydroxyl groups excluding tert-OH is 1. The first kappa shape index (κ1) is 63.5. The molecule has 3 fully saturated rings. The van der Waals surface area contributed by atoms with Crippen molar-refractivity contribution < 1.29 is 65.9 Å². The fourth-order valence-electron chi connectivity index (χ4n) is 10.8. The number of carbonyl (C=O) groups is 5. The smallest absolute Gasteiger partial charge is 0.342 e. The second-order valence-corrected chi connectivity index (χ2v) is 23.5. The van der Waals surface area contributed by atoms with Crippen LogP contribution in [0.1, 0.15) is 87.3 Å². The molecule has 1 aliphatic carbocycles. The Morgan fingerprint density at radius 3 is 2.23 bits per heavy atom. The standard InChI is InChI=1S/C58H78F3N11O11S/c1-36-49(84-35-64-36)38-13-11-37(12-14-38)30-62-53(76)45-27-41(73)32-71(45)54(77)50(57(2,3)4)67-48(74)33-83-26-25-82-24-23-81-22-21-80-20-19-70-17-15-39(16-18-70)65-52(75)42-28-47(79-6)44(29-43(42)59)66-56-63-31-46-51(68-56)72(40-9-7-8-10-40)34-58(60,61)55(78)69(46)5/h11-14,28-29,31,35,39-41,45,50,73H,7-10,15-27,30,32-34H2,1-6H3,(H,62,76)(H,65,75)(H,67,74)(H,63,66,68)/t41?,45?,50-/m1/s1. The summed E-state index contributed by atoms with van der Waals surface area (Å²) in [7, 11) is 2.63. The van der Waals surface area contributed by atoms with Gasteiger partial charge >= 0.3 is 5.92 Å². The van der Waals surface area contributed by atoms with E-state index in [9.17, 15) is 29.1 Å². The van der Waals surface area contributed by atoms with Crippen molar-refractivity contribution in [1.82, 2.24) is 40.7 Å². The Bertz CT molecular complexity index is 2900. The van der Waals surface area contributed by atoms with Crippen LogP contribution in [0.5, 0.6) is 5.75 Å². The maximum absolute atomic E-state index is 15.7. The molecule has 4 aromatic rings. The summed E-state index contributed by atoms with van der Waals surface area (Å²) >= 11 is 1.56. The van der Waals surface area contributed by atoms with Gasteiger partial charge in [-0.15, -0.1) is 11.3 Å². The predicted molar refractivity (Wildman–Crippen MR) is 308 cm³/mol. The lowest BCUT2D eigenvalue weighted by Crippen LogP contribution is -2.58. The highest BCUT2D eigenvalue weighted by Crippen LogP contribution is 2.40. The minimum atomic E-state index is -3.64. The summed E-state index contributed by atoms with van der Waals surface area (Å²) in [5, 5.41) is 22.1. The van der Waals surface area contributed by atoms with Crippen molar-refractivity contribution in [2.24, 2.45) is 5.41 Å². The van der Waals surface area contributed by atoms with Gasteiger partial charge < -0.3 is 69.7 Å². The zero-order valence-electron chi connectivity index (χ0n) is 48.6. The van der Waals surface area contributed by atoms with Crippen LogP contribution in [0.25, 0.3) is 10.4 Å². The van der Waals surface area contributed by atoms with Crippen LogP contribution < -0.4 is 35.8 Å². The molecule has 2 unspecified atom stereocenters. The van der Waals surface area contributed by atoms with E-state index < -0.39 is 65.5 Å². The van der Waals surface area contributed by atoms with Gasteiger partial charge in [0, 0.05) is 64.3 Å². The molecular formula is C58H78F3N11O11S. The number of nitrogens with one attached hydrogen (secondary N) is 4. The average Bonchev–Trinajstić information content (AvgIpc) is 2.24. The molecule has 5 heterocycles. The number of anilines is 4. The molecule has 4 aliphatic rings. The van der Waals surface area contributed by atoms with E-state index in [2.05, 4.69) is 41.1 Å². The molecule has 3 atom stereocenters. The molecule has 3 aliphatic heterocycles. The third kappa shape index (κ3) is 16.4. The van der Waals surface area contributed by atoms with Gasteiger partial charge in [-0.2, -0.15) is 13.8 Å². The Balaban J connectivity index is 0.666. The number of aryl methyl sites for hydroxylation is 1. The van der Waals surface area contributed by atoms with Gasteiger partial charge in [0.2, 0.25) is 23.7 Å². The molecule has 2 aromatic carbocycles. The van der Waals surface area contributed by atoms with Crippen molar-refractivity contribution in [1.29, 1.82) is 0 Å². The molecule has 458 valence electrons. The quantitative estimate of drug-likeness (QED) is 0.0505. The molecule has 2 aromatic heterocycles. The van der Waals surface area contributed by atoms with Gasteiger partial charge in [0.15, 0.2) is 5.82 Å². The van der Waals surface area contributed by atoms with Crippen LogP contribution in [-0.4, -0.2) is 195 Å². The van der Waals surface area contributed by atoms with Crippen LogP contribution >= 0.6 is 11.3 Å². The van der Waals surface area contributed by atoms with Crippen molar-refractivity contribution in [2.75, 3.05) is 115 Å². The highest BCUT2D eigenvalue weighted by atomic mass is 32.1. The van der Waals surface area contributed by atoms with E-state index in [-0.39, 0.29) is 91.8 Å². The molecule has 0 radical (unpaired) electrons. The summed E-state index contributed by atoms with van der Waals surface area (Å²) in [6.45, 7) is 10.7. The van der Waals surface area contributed by atoms with Crippen molar-refractivity contribution in [2.45, 2.75) is 115 Å². The van der Waals surface area contributed by atoms with Crippen molar-refractivity contribution in [3.63, 3.8) is 0 Å². The predicted octanol–water partition coefficient (Wildman–Crippen LogP) is 5.23. The number of fused-ring (bicyclic) bond motifs is 1. The number of ether oxygens (including phenoxy) is 5. The number of carbonyl (C=O) groups excluding carboxylic acids is 5. The van der Waals surface area contributed by atoms with Crippen molar-refractivity contribution >= 4 is 64.0 Å². The van der Waals surface area contributed by atoms with Crippen LogP contribution in [0.4, 0.5) is 36.3 Å². The topological polar surface area (TPSA) is 251 Å². The first-order chi connectivity index (χ1) is 40.2. The molecule has 22 nitrogen and oxygen atoms in total. The summed E-state index contributed by atoms with van der Waals surface area (Å²) in [4.78, 5) is 86.6. The lowest BCUT2D eigenvalue weighted by Gasteiger charge is -2.35. The molecule has 1 saturated carbocycles. The van der Waals surface area contributed by atoms with Gasteiger partial charge in [0.05, 0.1) is 99.5 Å². The number of hydrogen-bond acceptors (Lipinski definition) is 18. The number of halogens is 3. The van der Waals surface area contributed by atoms with Gasteiger partial charge in [-0.1, -0.05) is 57.9 Å². The van der Waals surface area contributed by atoms with Gasteiger partial charge in [0.1, 0.15) is 35.9 Å². The van der Waals surface area contributed by atoms with Gasteiger partial charge in [0.25, 0.3) is 11.8 Å². The summed E-state index contributed by atoms with van der Waals surface area (Å²) < 4.78 is 73.9. The number of β-amino-alcohol motifs (C(OH)–C–C–N with tert-alkyl or cyclic N) is 1. The summed E-state index contributed by atoms with van der Waals surface area (Å²) in [5.41, 5.74) is 3.97. The van der Waals surface area contributed by atoms with E-state index in [4.69, 9.17) is 23.7 Å². The number of thiazole rings is 1. The lowest BCUT2D eigenvalue weighted by atomic mass is 9.85. The lowest BCUT2D eigenvalue weighted by molar-refractivity contribution is -0.144. The minimum Gasteiger partial charge on any atom is -0.495 e. The zero-order chi connectivity index (χ0) is 60.1. The van der Waals surface area contributed by atoms with Gasteiger partial charge in [-0.25, -0.2) is 14.4 Å². The van der Waals surface area contributed by atoms with Crippen LogP contribution in [-0.2, 0) is 44.7 Å². The maximum Gasteiger partial charge on any atom is 0.342 e. The summed E-state index contributed by atoms with van der Waals surface area (Å²) in [6.07, 6.45) is 4.84. The zero-order valence-corrected chi connectivity index (χ0v) is 49.4. The van der Waals surface area contributed by atoms with E-state index in [0.29, 0.717) is 78.4 Å². The average molecular weight is 1190 g/mol. The molecule has 2 saturated heterocycles. The number of aromatic nitrogens is 3. The van der Waals surface area contributed by atoms with E-state index in [1.807, 2.05) is 52.0 Å². The number of benzene rings is 2. The minimum absolute atomic E-state index is 0.0317. The molecule has 0 spiro atoms. The van der Waals surface area contributed by atoms with E-state index in [0.717, 1.165) is 45.5 Å². The molecule has 5 N–H and O–H groups in total. The van der Waals surface area contributed by atoms with E-state index in [1.54, 1.807) is 16.8 Å². The first-order valence-electron chi connectivity index (χ1n) is 28.5. The van der Waals surface area contributed by atoms with Crippen molar-refractivity contribution in [3.8, 4) is 16.2 Å². The Morgan fingerprint density at radius 2 is 1.58 bits per heavy atom. The van der Waals surface area contributed by atoms with E-state index >= 15 is 13.2 Å². The number of nitrogens with zero attached hydrogens (tertiary/aromatic N) is 7. The highest BCUT2D eigenvalue weighted by molar-refractivity contribution is 7.13. The summed E-state index contributed by atoms with van der Waals surface area (Å²) in [6, 6.07) is 7.87. The second-order valence-electron chi connectivity index (χ2n) is 22.6. The largest absolute Gasteiger partial charge is 0.495 e. The summed E-state index contributed by atoms with van der Waals surface area (Å²) in [5.74, 6) is -7.51. The Labute approximate surface area is 491 Å². The number of likely N-dealkylation sites (tertiary alicyclic amines) is 2. The monoisotopic (exact) mass is 1190 g/mol. The van der Waals surface area contributed by atoms with Crippen LogP contribution in [0.2, 0.25) is 0 Å². The Morgan fingerprint density at radius 1 is 0.917 bits per heavy atom. The number of methoxy groups -OCH3 is 1. The molecular weight excluding hydrogens is 1120 g/mol. The number of piperidine rings is 1. The van der Waals surface area contributed by atoms with Crippen LogP contribution in [0, 0.1) is 18.2 Å². The normalized spacial score (nSPS) is 19.0. The third-order valence-corrected chi connectivity index (χ3v) is 16.4.